The van der Waals surface area contributed by atoms with Gasteiger partial charge in [-0.2, -0.15) is 0 Å². The fourth-order valence-corrected chi connectivity index (χ4v) is 2.45. The van der Waals surface area contributed by atoms with E-state index in [4.69, 9.17) is 4.52 Å². The maximum Gasteiger partial charge on any atom is 0.228 e. The molecule has 1 aliphatic heterocycles. The highest BCUT2D eigenvalue weighted by atomic mass is 16.5. The van der Waals surface area contributed by atoms with E-state index in [2.05, 4.69) is 39.6 Å². The standard InChI is InChI=1S/C15H19N3O/c1-18(2)12-8-6-11(7-9-12)14-13-5-3-4-10-16-15(13)19-17-14/h6-9,16H,3-5,10H2,1-2H3. The van der Waals surface area contributed by atoms with Gasteiger partial charge >= 0.3 is 0 Å². The van der Waals surface area contributed by atoms with Crippen molar-refractivity contribution in [1.29, 1.82) is 0 Å². The van der Waals surface area contributed by atoms with Gasteiger partial charge in [-0.25, -0.2) is 0 Å². The molecule has 19 heavy (non-hydrogen) atoms. The zero-order chi connectivity index (χ0) is 13.2. The smallest absolute Gasteiger partial charge is 0.228 e. The Morgan fingerprint density at radius 1 is 1.16 bits per heavy atom. The first-order valence-electron chi connectivity index (χ1n) is 6.76. The monoisotopic (exact) mass is 257 g/mol. The molecule has 100 valence electrons. The Morgan fingerprint density at radius 2 is 1.95 bits per heavy atom. The zero-order valence-electron chi connectivity index (χ0n) is 11.4. The van der Waals surface area contributed by atoms with Crippen LogP contribution in [0.25, 0.3) is 11.3 Å². The molecule has 0 bridgehead atoms. The van der Waals surface area contributed by atoms with Crippen molar-refractivity contribution in [2.45, 2.75) is 19.3 Å². The third-order valence-electron chi connectivity index (χ3n) is 3.58. The van der Waals surface area contributed by atoms with Crippen molar-refractivity contribution in [3.05, 3.63) is 29.8 Å². The Hall–Kier alpha value is -1.97. The lowest BCUT2D eigenvalue weighted by Gasteiger charge is -2.12. The zero-order valence-corrected chi connectivity index (χ0v) is 11.4. The average molecular weight is 257 g/mol. The van der Waals surface area contributed by atoms with Gasteiger partial charge in [-0.1, -0.05) is 17.3 Å². The summed E-state index contributed by atoms with van der Waals surface area (Å²) in [6.45, 7) is 0.973. The summed E-state index contributed by atoms with van der Waals surface area (Å²) in [5.74, 6) is 0.851. The largest absolute Gasteiger partial charge is 0.378 e. The predicted molar refractivity (Wildman–Crippen MR) is 77.7 cm³/mol. The first-order chi connectivity index (χ1) is 9.25. The highest BCUT2D eigenvalue weighted by Crippen LogP contribution is 2.32. The van der Waals surface area contributed by atoms with Crippen LogP contribution in [0, 0.1) is 0 Å². The van der Waals surface area contributed by atoms with E-state index in [0.717, 1.165) is 30.1 Å². The Kier molecular flexibility index (Phi) is 3.15. The lowest BCUT2D eigenvalue weighted by Crippen LogP contribution is -2.07. The molecule has 0 fully saturated rings. The van der Waals surface area contributed by atoms with Gasteiger partial charge in [0.1, 0.15) is 5.69 Å². The third kappa shape index (κ3) is 2.30. The summed E-state index contributed by atoms with van der Waals surface area (Å²) in [4.78, 5) is 2.09. The van der Waals surface area contributed by atoms with Crippen LogP contribution in [0.15, 0.2) is 28.8 Å². The highest BCUT2D eigenvalue weighted by molar-refractivity contribution is 5.69. The number of rotatable bonds is 2. The number of nitrogens with one attached hydrogen (secondary N) is 1. The van der Waals surface area contributed by atoms with Crippen molar-refractivity contribution >= 4 is 11.6 Å². The molecule has 0 saturated carbocycles. The van der Waals surface area contributed by atoms with Crippen LogP contribution in [0.3, 0.4) is 0 Å². The number of anilines is 2. The SMILES string of the molecule is CN(C)c1ccc(-c2noc3c2CCCCN3)cc1. The summed E-state index contributed by atoms with van der Waals surface area (Å²) in [6.07, 6.45) is 3.41. The topological polar surface area (TPSA) is 41.3 Å². The minimum atomic E-state index is 0.851. The van der Waals surface area contributed by atoms with Gasteiger partial charge in [0.05, 0.1) is 0 Å². The summed E-state index contributed by atoms with van der Waals surface area (Å²) in [5, 5.41) is 7.54. The number of hydrogen-bond acceptors (Lipinski definition) is 4. The van der Waals surface area contributed by atoms with Gasteiger partial charge < -0.3 is 14.7 Å². The Labute approximate surface area is 113 Å². The molecule has 1 N–H and O–H groups in total. The van der Waals surface area contributed by atoms with Crippen LogP contribution in [0.2, 0.25) is 0 Å². The molecule has 2 heterocycles. The molecule has 0 radical (unpaired) electrons. The molecule has 1 aromatic heterocycles. The van der Waals surface area contributed by atoms with E-state index < -0.39 is 0 Å². The normalized spacial score (nSPS) is 14.4. The second-order valence-electron chi connectivity index (χ2n) is 5.16. The molecule has 2 aromatic rings. The van der Waals surface area contributed by atoms with Crippen molar-refractivity contribution in [2.24, 2.45) is 0 Å². The van der Waals surface area contributed by atoms with Crippen LogP contribution < -0.4 is 10.2 Å². The molecule has 0 unspecified atom stereocenters. The summed E-state index contributed by atoms with van der Waals surface area (Å²) in [6, 6.07) is 8.44. The van der Waals surface area contributed by atoms with Crippen LogP contribution in [-0.4, -0.2) is 25.8 Å². The van der Waals surface area contributed by atoms with Crippen molar-refractivity contribution < 1.29 is 4.52 Å². The van der Waals surface area contributed by atoms with E-state index >= 15 is 0 Å². The molecule has 4 nitrogen and oxygen atoms in total. The summed E-state index contributed by atoms with van der Waals surface area (Å²) in [5.41, 5.74) is 4.51. The Balaban J connectivity index is 1.96. The third-order valence-corrected chi connectivity index (χ3v) is 3.58. The molecular formula is C15H19N3O. The number of fused-ring (bicyclic) bond motifs is 1. The summed E-state index contributed by atoms with van der Waals surface area (Å²) < 4.78 is 5.43. The van der Waals surface area contributed by atoms with Gasteiger partial charge in [-0.15, -0.1) is 0 Å². The van der Waals surface area contributed by atoms with Crippen LogP contribution in [0.1, 0.15) is 18.4 Å². The van der Waals surface area contributed by atoms with Gasteiger partial charge in [0, 0.05) is 37.5 Å². The molecular weight excluding hydrogens is 238 g/mol. The molecule has 0 aliphatic carbocycles. The fraction of sp³-hybridized carbons (Fsp3) is 0.400. The van der Waals surface area contributed by atoms with Crippen molar-refractivity contribution in [3.8, 4) is 11.3 Å². The lowest BCUT2D eigenvalue weighted by molar-refractivity contribution is 0.434. The minimum Gasteiger partial charge on any atom is -0.378 e. The summed E-state index contributed by atoms with van der Waals surface area (Å²) >= 11 is 0. The second kappa shape index (κ2) is 4.96. The van der Waals surface area contributed by atoms with Crippen LogP contribution in [-0.2, 0) is 6.42 Å². The van der Waals surface area contributed by atoms with Crippen LogP contribution >= 0.6 is 0 Å². The first kappa shape index (κ1) is 12.1. The van der Waals surface area contributed by atoms with E-state index in [-0.39, 0.29) is 0 Å². The maximum atomic E-state index is 5.43. The number of aromatic nitrogens is 1. The molecule has 1 aromatic carbocycles. The molecule has 0 saturated heterocycles. The molecule has 4 heteroatoms. The van der Waals surface area contributed by atoms with Gasteiger partial charge in [0.25, 0.3) is 0 Å². The molecule has 3 rings (SSSR count). The minimum absolute atomic E-state index is 0.851. The van der Waals surface area contributed by atoms with Crippen molar-refractivity contribution in [2.75, 3.05) is 30.9 Å². The summed E-state index contributed by atoms with van der Waals surface area (Å²) in [7, 11) is 4.09. The fourth-order valence-electron chi connectivity index (χ4n) is 2.45. The van der Waals surface area contributed by atoms with Crippen LogP contribution in [0.5, 0.6) is 0 Å². The number of hydrogen-bond donors (Lipinski definition) is 1. The van der Waals surface area contributed by atoms with Crippen LogP contribution in [0.4, 0.5) is 11.6 Å². The van der Waals surface area contributed by atoms with E-state index in [1.165, 1.54) is 24.1 Å². The highest BCUT2D eigenvalue weighted by Gasteiger charge is 2.19. The van der Waals surface area contributed by atoms with E-state index in [1.54, 1.807) is 0 Å². The average Bonchev–Trinajstić information content (AvgIpc) is 2.68. The maximum absolute atomic E-state index is 5.43. The first-order valence-corrected chi connectivity index (χ1v) is 6.76. The van der Waals surface area contributed by atoms with Crippen molar-refractivity contribution in [3.63, 3.8) is 0 Å². The van der Waals surface area contributed by atoms with E-state index in [9.17, 15) is 0 Å². The molecule has 0 spiro atoms. The van der Waals surface area contributed by atoms with Gasteiger partial charge in [-0.3, -0.25) is 0 Å². The van der Waals surface area contributed by atoms with Gasteiger partial charge in [0.2, 0.25) is 5.88 Å². The van der Waals surface area contributed by atoms with Gasteiger partial charge in [-0.05, 0) is 31.4 Å². The Morgan fingerprint density at radius 3 is 2.68 bits per heavy atom. The van der Waals surface area contributed by atoms with E-state index in [0.29, 0.717) is 0 Å². The molecule has 0 amide bonds. The van der Waals surface area contributed by atoms with Gasteiger partial charge in [0.15, 0.2) is 0 Å². The second-order valence-corrected chi connectivity index (χ2v) is 5.16. The predicted octanol–water partition coefficient (Wildman–Crippen LogP) is 3.16. The van der Waals surface area contributed by atoms with Crippen molar-refractivity contribution in [1.82, 2.24) is 5.16 Å². The van der Waals surface area contributed by atoms with E-state index in [1.807, 2.05) is 14.1 Å². The lowest BCUT2D eigenvalue weighted by atomic mass is 10.0. The molecule has 1 aliphatic rings. The Bertz CT molecular complexity index is 557. The quantitative estimate of drug-likeness (QED) is 0.897. The number of benzene rings is 1. The molecule has 0 atom stereocenters. The number of nitrogens with zero attached hydrogens (tertiary/aromatic N) is 2.